The third-order valence-corrected chi connectivity index (χ3v) is 6.33. The molecule has 0 aromatic heterocycles. The highest BCUT2D eigenvalue weighted by Crippen LogP contribution is 2.25. The van der Waals surface area contributed by atoms with Gasteiger partial charge in [0.25, 0.3) is 15.9 Å². The van der Waals surface area contributed by atoms with Gasteiger partial charge in [-0.3, -0.25) is 9.52 Å². The number of rotatable bonds is 6. The van der Waals surface area contributed by atoms with Crippen LogP contribution in [0.15, 0.2) is 53.4 Å². The molecule has 144 valence electrons. The predicted molar refractivity (Wildman–Crippen MR) is 106 cm³/mol. The normalized spacial score (nSPS) is 19.6. The largest absolute Gasteiger partial charge is 0.349 e. The number of aryl methyl sites for hydroxylation is 1. The van der Waals surface area contributed by atoms with Crippen molar-refractivity contribution in [3.8, 4) is 0 Å². The number of hydrogen-bond donors (Lipinski definition) is 3. The van der Waals surface area contributed by atoms with E-state index in [1.165, 1.54) is 12.1 Å². The Morgan fingerprint density at radius 2 is 1.93 bits per heavy atom. The zero-order chi connectivity index (χ0) is 19.4. The zero-order valence-electron chi connectivity index (χ0n) is 15.3. The zero-order valence-corrected chi connectivity index (χ0v) is 16.1. The van der Waals surface area contributed by atoms with E-state index in [0.717, 1.165) is 24.8 Å². The van der Waals surface area contributed by atoms with Crippen LogP contribution < -0.4 is 15.8 Å². The monoisotopic (exact) mass is 387 g/mol. The Labute approximate surface area is 160 Å². The van der Waals surface area contributed by atoms with Gasteiger partial charge in [0.05, 0.1) is 4.90 Å². The van der Waals surface area contributed by atoms with Crippen LogP contribution in [0.2, 0.25) is 0 Å². The van der Waals surface area contributed by atoms with Crippen molar-refractivity contribution < 1.29 is 13.2 Å². The van der Waals surface area contributed by atoms with Gasteiger partial charge in [0, 0.05) is 17.3 Å². The number of amides is 1. The fraction of sp³-hybridized carbons (Fsp3) is 0.350. The first-order valence-corrected chi connectivity index (χ1v) is 10.6. The average Bonchev–Trinajstić information content (AvgIpc) is 3.08. The Kier molecular flexibility index (Phi) is 5.82. The molecule has 4 N–H and O–H groups in total. The first kappa shape index (κ1) is 19.4. The summed E-state index contributed by atoms with van der Waals surface area (Å²) in [6.45, 7) is 2.43. The molecule has 3 rings (SSSR count). The number of nitrogens with two attached hydrogens (primary N) is 1. The molecule has 0 saturated heterocycles. The average molecular weight is 388 g/mol. The van der Waals surface area contributed by atoms with E-state index < -0.39 is 10.0 Å². The number of carbonyl (C=O) groups is 1. The van der Waals surface area contributed by atoms with Crippen LogP contribution in [0.5, 0.6) is 0 Å². The summed E-state index contributed by atoms with van der Waals surface area (Å²) in [5.74, 6) is 0.0109. The van der Waals surface area contributed by atoms with Gasteiger partial charge in [-0.15, -0.1) is 0 Å². The third kappa shape index (κ3) is 4.67. The van der Waals surface area contributed by atoms with Crippen LogP contribution in [0.4, 0.5) is 5.69 Å². The first-order chi connectivity index (χ1) is 12.9. The second kappa shape index (κ2) is 8.10. The molecule has 2 unspecified atom stereocenters. The van der Waals surface area contributed by atoms with Crippen LogP contribution in [-0.2, 0) is 10.0 Å². The van der Waals surface area contributed by atoms with Crippen molar-refractivity contribution >= 4 is 21.6 Å². The standard InChI is InChI=1S/C20H25N3O3S/c1-14-5-2-8-17(11-14)23-27(25,26)18-9-3-6-15(12-18)20(24)22-19-10-4-7-16(19)13-21/h2-3,5-6,8-9,11-12,16,19,23H,4,7,10,13,21H2,1H3,(H,22,24). The summed E-state index contributed by atoms with van der Waals surface area (Å²) in [6, 6.07) is 13.2. The van der Waals surface area contributed by atoms with Gasteiger partial charge in [0.1, 0.15) is 0 Å². The molecule has 2 aromatic carbocycles. The number of anilines is 1. The van der Waals surface area contributed by atoms with Gasteiger partial charge in [-0.2, -0.15) is 0 Å². The van der Waals surface area contributed by atoms with E-state index in [-0.39, 0.29) is 22.8 Å². The lowest BCUT2D eigenvalue weighted by atomic mass is 10.0. The van der Waals surface area contributed by atoms with Crippen molar-refractivity contribution in [2.75, 3.05) is 11.3 Å². The van der Waals surface area contributed by atoms with E-state index in [4.69, 9.17) is 5.73 Å². The van der Waals surface area contributed by atoms with E-state index in [0.29, 0.717) is 17.8 Å². The van der Waals surface area contributed by atoms with Gasteiger partial charge in [0.2, 0.25) is 0 Å². The van der Waals surface area contributed by atoms with Crippen molar-refractivity contribution in [1.82, 2.24) is 5.32 Å². The Bertz CT molecular complexity index is 928. The Hall–Kier alpha value is -2.38. The fourth-order valence-corrected chi connectivity index (χ4v) is 4.58. The molecule has 1 amide bonds. The maximum absolute atomic E-state index is 12.7. The van der Waals surface area contributed by atoms with Crippen LogP contribution >= 0.6 is 0 Å². The molecule has 2 atom stereocenters. The van der Waals surface area contributed by atoms with Crippen molar-refractivity contribution in [1.29, 1.82) is 0 Å². The van der Waals surface area contributed by atoms with E-state index in [9.17, 15) is 13.2 Å². The van der Waals surface area contributed by atoms with E-state index in [2.05, 4.69) is 10.0 Å². The maximum Gasteiger partial charge on any atom is 0.261 e. The molecule has 7 heteroatoms. The van der Waals surface area contributed by atoms with E-state index in [1.54, 1.807) is 30.3 Å². The van der Waals surface area contributed by atoms with Gasteiger partial charge >= 0.3 is 0 Å². The van der Waals surface area contributed by atoms with Gasteiger partial charge in [-0.25, -0.2) is 8.42 Å². The summed E-state index contributed by atoms with van der Waals surface area (Å²) in [6.07, 6.45) is 2.96. The summed E-state index contributed by atoms with van der Waals surface area (Å²) in [4.78, 5) is 12.6. The first-order valence-electron chi connectivity index (χ1n) is 9.09. The summed E-state index contributed by atoms with van der Waals surface area (Å²) in [5, 5.41) is 3.00. The number of nitrogens with one attached hydrogen (secondary N) is 2. The van der Waals surface area contributed by atoms with Crippen molar-refractivity contribution in [3.05, 3.63) is 59.7 Å². The lowest BCUT2D eigenvalue weighted by Gasteiger charge is -2.19. The number of benzene rings is 2. The van der Waals surface area contributed by atoms with Crippen molar-refractivity contribution in [2.24, 2.45) is 11.7 Å². The predicted octanol–water partition coefficient (Wildman–Crippen LogP) is 2.65. The molecule has 6 nitrogen and oxygen atoms in total. The molecule has 0 bridgehead atoms. The molecule has 1 fully saturated rings. The van der Waals surface area contributed by atoms with Gasteiger partial charge in [0.15, 0.2) is 0 Å². The minimum absolute atomic E-state index is 0.0492. The topological polar surface area (TPSA) is 101 Å². The van der Waals surface area contributed by atoms with Crippen LogP contribution in [0.25, 0.3) is 0 Å². The summed E-state index contributed by atoms with van der Waals surface area (Å²) < 4.78 is 27.9. The van der Waals surface area contributed by atoms with Gasteiger partial charge < -0.3 is 11.1 Å². The summed E-state index contributed by atoms with van der Waals surface area (Å²) >= 11 is 0. The SMILES string of the molecule is Cc1cccc(NS(=O)(=O)c2cccc(C(=O)NC3CCCC3CN)c2)c1. The quantitative estimate of drug-likeness (QED) is 0.709. The number of sulfonamides is 1. The highest BCUT2D eigenvalue weighted by atomic mass is 32.2. The number of hydrogen-bond acceptors (Lipinski definition) is 4. The lowest BCUT2D eigenvalue weighted by Crippen LogP contribution is -2.39. The molecule has 27 heavy (non-hydrogen) atoms. The molecule has 1 saturated carbocycles. The summed E-state index contributed by atoms with van der Waals surface area (Å²) in [7, 11) is -3.78. The molecule has 0 radical (unpaired) electrons. The second-order valence-electron chi connectivity index (χ2n) is 7.01. The molecule has 1 aliphatic carbocycles. The third-order valence-electron chi connectivity index (χ3n) is 4.96. The van der Waals surface area contributed by atoms with Crippen LogP contribution in [0.1, 0.15) is 35.2 Å². The molecule has 1 aliphatic rings. The second-order valence-corrected chi connectivity index (χ2v) is 8.69. The van der Waals surface area contributed by atoms with Gasteiger partial charge in [-0.1, -0.05) is 24.6 Å². The van der Waals surface area contributed by atoms with Crippen LogP contribution in [0.3, 0.4) is 0 Å². The van der Waals surface area contributed by atoms with E-state index >= 15 is 0 Å². The smallest absolute Gasteiger partial charge is 0.261 e. The molecule has 0 spiro atoms. The Balaban J connectivity index is 1.77. The van der Waals surface area contributed by atoms with Crippen LogP contribution in [0, 0.1) is 12.8 Å². The number of carbonyl (C=O) groups excluding carboxylic acids is 1. The minimum atomic E-state index is -3.78. The van der Waals surface area contributed by atoms with Crippen molar-refractivity contribution in [2.45, 2.75) is 37.1 Å². The van der Waals surface area contributed by atoms with Crippen molar-refractivity contribution in [3.63, 3.8) is 0 Å². The minimum Gasteiger partial charge on any atom is -0.349 e. The highest BCUT2D eigenvalue weighted by Gasteiger charge is 2.28. The van der Waals surface area contributed by atoms with Gasteiger partial charge in [-0.05, 0) is 68.1 Å². The Morgan fingerprint density at radius 3 is 2.67 bits per heavy atom. The molecule has 0 heterocycles. The molecule has 2 aromatic rings. The van der Waals surface area contributed by atoms with Crippen LogP contribution in [-0.4, -0.2) is 26.9 Å². The molecule has 0 aliphatic heterocycles. The Morgan fingerprint density at radius 1 is 1.15 bits per heavy atom. The molecular weight excluding hydrogens is 362 g/mol. The van der Waals surface area contributed by atoms with E-state index in [1.807, 2.05) is 13.0 Å². The molecular formula is C20H25N3O3S. The highest BCUT2D eigenvalue weighted by molar-refractivity contribution is 7.92. The lowest BCUT2D eigenvalue weighted by molar-refractivity contribution is 0.0928. The fourth-order valence-electron chi connectivity index (χ4n) is 3.49. The summed E-state index contributed by atoms with van der Waals surface area (Å²) in [5.41, 5.74) is 7.53. The maximum atomic E-state index is 12.7.